The summed E-state index contributed by atoms with van der Waals surface area (Å²) in [6, 6.07) is 8.75. The summed E-state index contributed by atoms with van der Waals surface area (Å²) >= 11 is 0.871. The number of nitriles is 1. The highest BCUT2D eigenvalue weighted by Crippen LogP contribution is 2.09. The maximum Gasteiger partial charge on any atom is 0.336 e. The molecule has 0 fully saturated rings. The highest BCUT2D eigenvalue weighted by molar-refractivity contribution is 8.06. The van der Waals surface area contributed by atoms with E-state index >= 15 is 0 Å². The van der Waals surface area contributed by atoms with Crippen molar-refractivity contribution in [3.8, 4) is 11.2 Å². The van der Waals surface area contributed by atoms with Crippen LogP contribution in [0.2, 0.25) is 0 Å². The van der Waals surface area contributed by atoms with Crippen LogP contribution in [0.3, 0.4) is 0 Å². The van der Waals surface area contributed by atoms with Crippen molar-refractivity contribution in [3.05, 3.63) is 41.8 Å². The van der Waals surface area contributed by atoms with Crippen LogP contribution < -0.4 is 4.74 Å². The Hall–Kier alpha value is -1.73. The molecule has 0 spiro atoms. The first-order chi connectivity index (χ1) is 6.83. The molecule has 14 heavy (non-hydrogen) atoms. The van der Waals surface area contributed by atoms with Crippen LogP contribution >= 0.6 is 11.8 Å². The molecule has 0 aliphatic heterocycles. The highest BCUT2D eigenvalue weighted by Gasteiger charge is 1.97. The predicted octanol–water partition coefficient (Wildman–Crippen LogP) is 2.32. The van der Waals surface area contributed by atoms with Gasteiger partial charge in [-0.25, -0.2) is 4.79 Å². The van der Waals surface area contributed by atoms with E-state index in [2.05, 4.69) is 0 Å². The Kier molecular flexibility index (Phi) is 4.32. The standard InChI is InChI=1S/C10H7NO2S/c11-8-14-7-6-10(12)13-9-4-2-1-3-5-9/h1-7H/b7-6+. The smallest absolute Gasteiger partial charge is 0.336 e. The number of para-hydroxylation sites is 1. The number of carbonyl (C=O) groups is 1. The van der Waals surface area contributed by atoms with Gasteiger partial charge in [0.1, 0.15) is 11.2 Å². The molecule has 0 saturated heterocycles. The predicted molar refractivity (Wildman–Crippen MR) is 54.4 cm³/mol. The number of thioether (sulfide) groups is 1. The molecule has 0 heterocycles. The number of ether oxygens (including phenoxy) is 1. The molecule has 0 amide bonds. The van der Waals surface area contributed by atoms with E-state index in [0.29, 0.717) is 5.75 Å². The lowest BCUT2D eigenvalue weighted by atomic mass is 10.3. The van der Waals surface area contributed by atoms with Crippen LogP contribution in [-0.4, -0.2) is 5.97 Å². The average molecular weight is 205 g/mol. The zero-order chi connectivity index (χ0) is 10.2. The summed E-state index contributed by atoms with van der Waals surface area (Å²) in [4.78, 5) is 11.1. The van der Waals surface area contributed by atoms with E-state index in [4.69, 9.17) is 10.00 Å². The van der Waals surface area contributed by atoms with Gasteiger partial charge in [0, 0.05) is 6.08 Å². The number of thiocyanates is 1. The molecule has 0 saturated carbocycles. The topological polar surface area (TPSA) is 50.1 Å². The van der Waals surface area contributed by atoms with Crippen LogP contribution in [0.15, 0.2) is 41.8 Å². The first-order valence-electron chi connectivity index (χ1n) is 3.81. The molecule has 0 unspecified atom stereocenters. The van der Waals surface area contributed by atoms with Gasteiger partial charge >= 0.3 is 5.97 Å². The minimum atomic E-state index is -0.487. The molecule has 0 aromatic heterocycles. The van der Waals surface area contributed by atoms with Gasteiger partial charge in [-0.2, -0.15) is 5.26 Å². The zero-order valence-electron chi connectivity index (χ0n) is 7.21. The van der Waals surface area contributed by atoms with Gasteiger partial charge in [0.15, 0.2) is 0 Å². The normalized spacial score (nSPS) is 9.64. The van der Waals surface area contributed by atoms with Gasteiger partial charge in [-0.1, -0.05) is 18.2 Å². The molecule has 0 aliphatic carbocycles. The Morgan fingerprint density at radius 3 is 2.79 bits per heavy atom. The van der Waals surface area contributed by atoms with Gasteiger partial charge in [-0.05, 0) is 29.3 Å². The average Bonchev–Trinajstić information content (AvgIpc) is 2.20. The fraction of sp³-hybridized carbons (Fsp3) is 0. The van der Waals surface area contributed by atoms with Crippen LogP contribution in [0.25, 0.3) is 0 Å². The van der Waals surface area contributed by atoms with Gasteiger partial charge in [-0.15, -0.1) is 0 Å². The highest BCUT2D eigenvalue weighted by atomic mass is 32.2. The molecule has 0 N–H and O–H groups in total. The van der Waals surface area contributed by atoms with Crippen LogP contribution in [0.1, 0.15) is 0 Å². The molecular weight excluding hydrogens is 198 g/mol. The van der Waals surface area contributed by atoms with E-state index in [0.717, 1.165) is 11.8 Å². The van der Waals surface area contributed by atoms with E-state index in [9.17, 15) is 4.79 Å². The second-order valence-electron chi connectivity index (χ2n) is 2.25. The summed E-state index contributed by atoms with van der Waals surface area (Å²) in [5.41, 5.74) is 0. The maximum absolute atomic E-state index is 11.1. The third-order valence-electron chi connectivity index (χ3n) is 1.29. The molecule has 3 nitrogen and oxygen atoms in total. The summed E-state index contributed by atoms with van der Waals surface area (Å²) in [6.07, 6.45) is 1.21. The van der Waals surface area contributed by atoms with Crippen molar-refractivity contribution in [1.29, 1.82) is 5.26 Å². The molecular formula is C10H7NO2S. The van der Waals surface area contributed by atoms with Crippen molar-refractivity contribution in [2.24, 2.45) is 0 Å². The third kappa shape index (κ3) is 3.78. The monoisotopic (exact) mass is 205 g/mol. The molecule has 1 aromatic rings. The summed E-state index contributed by atoms with van der Waals surface area (Å²) in [7, 11) is 0. The van der Waals surface area contributed by atoms with Gasteiger partial charge in [0.05, 0.1) is 0 Å². The Labute approximate surface area is 86.0 Å². The van der Waals surface area contributed by atoms with Crippen LogP contribution in [-0.2, 0) is 4.79 Å². The quantitative estimate of drug-likeness (QED) is 0.329. The second-order valence-corrected chi connectivity index (χ2v) is 2.94. The summed E-state index contributed by atoms with van der Waals surface area (Å²) in [5, 5.41) is 11.4. The van der Waals surface area contributed by atoms with E-state index in [1.54, 1.807) is 24.3 Å². The minimum absolute atomic E-state index is 0.487. The Morgan fingerprint density at radius 2 is 2.14 bits per heavy atom. The van der Waals surface area contributed by atoms with Gasteiger partial charge in [-0.3, -0.25) is 0 Å². The number of hydrogen-bond acceptors (Lipinski definition) is 4. The Balaban J connectivity index is 2.47. The number of hydrogen-bond donors (Lipinski definition) is 0. The maximum atomic E-state index is 11.1. The fourth-order valence-electron chi connectivity index (χ4n) is 0.759. The number of esters is 1. The molecule has 0 aliphatic rings. The van der Waals surface area contributed by atoms with Crippen LogP contribution in [0.5, 0.6) is 5.75 Å². The van der Waals surface area contributed by atoms with E-state index in [-0.39, 0.29) is 0 Å². The molecule has 4 heteroatoms. The van der Waals surface area contributed by atoms with Crippen molar-refractivity contribution in [2.75, 3.05) is 0 Å². The van der Waals surface area contributed by atoms with Gasteiger partial charge < -0.3 is 4.74 Å². The van der Waals surface area contributed by atoms with Crippen LogP contribution in [0.4, 0.5) is 0 Å². The number of nitrogens with zero attached hydrogens (tertiary/aromatic N) is 1. The van der Waals surface area contributed by atoms with Crippen molar-refractivity contribution >= 4 is 17.7 Å². The van der Waals surface area contributed by atoms with E-state index < -0.39 is 5.97 Å². The lowest BCUT2D eigenvalue weighted by Gasteiger charge is -1.98. The summed E-state index contributed by atoms with van der Waals surface area (Å²) < 4.78 is 4.91. The van der Waals surface area contributed by atoms with E-state index in [1.165, 1.54) is 11.5 Å². The second kappa shape index (κ2) is 5.84. The molecule has 0 radical (unpaired) electrons. The molecule has 1 aromatic carbocycles. The summed E-state index contributed by atoms with van der Waals surface area (Å²) in [5.74, 6) is 0.00283. The zero-order valence-corrected chi connectivity index (χ0v) is 8.03. The van der Waals surface area contributed by atoms with Gasteiger partial charge in [0.25, 0.3) is 0 Å². The first-order valence-corrected chi connectivity index (χ1v) is 4.69. The minimum Gasteiger partial charge on any atom is -0.423 e. The largest absolute Gasteiger partial charge is 0.423 e. The molecule has 0 atom stereocenters. The molecule has 1 rings (SSSR count). The lowest BCUT2D eigenvalue weighted by Crippen LogP contribution is -2.02. The molecule has 0 bridgehead atoms. The Bertz CT molecular complexity index is 367. The van der Waals surface area contributed by atoms with Crippen molar-refractivity contribution in [2.45, 2.75) is 0 Å². The van der Waals surface area contributed by atoms with Crippen molar-refractivity contribution in [1.82, 2.24) is 0 Å². The SMILES string of the molecule is N#CS/C=C/C(=O)Oc1ccccc1. The first kappa shape index (κ1) is 10.4. The molecule has 70 valence electrons. The van der Waals surface area contributed by atoms with Gasteiger partial charge in [0.2, 0.25) is 0 Å². The third-order valence-corrected chi connectivity index (χ3v) is 1.66. The number of benzene rings is 1. The Morgan fingerprint density at radius 1 is 1.43 bits per heavy atom. The van der Waals surface area contributed by atoms with Crippen molar-refractivity contribution in [3.63, 3.8) is 0 Å². The lowest BCUT2D eigenvalue weighted by molar-refractivity contribution is -0.128. The van der Waals surface area contributed by atoms with Crippen molar-refractivity contribution < 1.29 is 9.53 Å². The van der Waals surface area contributed by atoms with Crippen LogP contribution in [0, 0.1) is 10.7 Å². The number of rotatable bonds is 3. The number of carbonyl (C=O) groups excluding carboxylic acids is 1. The fourth-order valence-corrected chi connectivity index (χ4v) is 0.999. The summed E-state index contributed by atoms with van der Waals surface area (Å²) in [6.45, 7) is 0. The van der Waals surface area contributed by atoms with E-state index in [1.807, 2.05) is 11.5 Å².